The predicted octanol–water partition coefficient (Wildman–Crippen LogP) is 0.830. The quantitative estimate of drug-likeness (QED) is 0.651. The van der Waals surface area contributed by atoms with Crippen molar-refractivity contribution in [1.82, 2.24) is 16.0 Å². The third-order valence-corrected chi connectivity index (χ3v) is 3.26. The number of piperidine rings is 1. The van der Waals surface area contributed by atoms with E-state index in [9.17, 15) is 9.59 Å². The van der Waals surface area contributed by atoms with E-state index in [4.69, 9.17) is 0 Å². The third kappa shape index (κ3) is 8.83. The van der Waals surface area contributed by atoms with Crippen LogP contribution in [0.25, 0.3) is 0 Å². The van der Waals surface area contributed by atoms with Gasteiger partial charge in [-0.25, -0.2) is 0 Å². The number of amides is 2. The number of hydrogen-bond acceptors (Lipinski definition) is 3. The van der Waals surface area contributed by atoms with Gasteiger partial charge in [0.25, 0.3) is 0 Å². The molecular formula is C13H26ClN3O2. The van der Waals surface area contributed by atoms with Gasteiger partial charge in [0.1, 0.15) is 0 Å². The Kier molecular flexibility index (Phi) is 10.6. The van der Waals surface area contributed by atoms with Gasteiger partial charge in [0.2, 0.25) is 11.8 Å². The van der Waals surface area contributed by atoms with Crippen LogP contribution in [0.5, 0.6) is 0 Å². The normalized spacial score (nSPS) is 15.4. The third-order valence-electron chi connectivity index (χ3n) is 3.26. The van der Waals surface area contributed by atoms with E-state index in [-0.39, 0.29) is 30.8 Å². The maximum atomic E-state index is 11.6. The Balaban J connectivity index is 0.00000324. The Morgan fingerprint density at radius 1 is 1.16 bits per heavy atom. The molecule has 112 valence electrons. The lowest BCUT2D eigenvalue weighted by molar-refractivity contribution is -0.126. The molecule has 0 bridgehead atoms. The number of carbonyl (C=O) groups excluding carboxylic acids is 2. The molecule has 0 aromatic rings. The second kappa shape index (κ2) is 11.1. The standard InChI is InChI=1S/C13H25N3O2.ClH/c1-2-7-15-13(18)10-16-12(17)4-3-11-5-8-14-9-6-11;/h11,14H,2-10H2,1H3,(H,15,18)(H,16,17);1H. The first-order valence-electron chi connectivity index (χ1n) is 6.96. The lowest BCUT2D eigenvalue weighted by Crippen LogP contribution is -2.37. The first-order valence-corrected chi connectivity index (χ1v) is 6.96. The molecule has 1 rings (SSSR count). The maximum absolute atomic E-state index is 11.6. The number of carbonyl (C=O) groups is 2. The SMILES string of the molecule is CCCNC(=O)CNC(=O)CCC1CCNCC1.Cl. The van der Waals surface area contributed by atoms with Gasteiger partial charge in [-0.15, -0.1) is 12.4 Å². The fourth-order valence-electron chi connectivity index (χ4n) is 2.10. The van der Waals surface area contributed by atoms with Crippen molar-refractivity contribution >= 4 is 24.2 Å². The average Bonchev–Trinajstić information content (AvgIpc) is 2.41. The van der Waals surface area contributed by atoms with E-state index in [1.54, 1.807) is 0 Å². The van der Waals surface area contributed by atoms with Crippen molar-refractivity contribution in [3.63, 3.8) is 0 Å². The van der Waals surface area contributed by atoms with Gasteiger partial charge < -0.3 is 16.0 Å². The highest BCUT2D eigenvalue weighted by atomic mass is 35.5. The van der Waals surface area contributed by atoms with Crippen LogP contribution in [0.3, 0.4) is 0 Å². The van der Waals surface area contributed by atoms with Crippen molar-refractivity contribution in [2.45, 2.75) is 39.0 Å². The summed E-state index contributed by atoms with van der Waals surface area (Å²) in [7, 11) is 0. The van der Waals surface area contributed by atoms with Gasteiger partial charge in [-0.3, -0.25) is 9.59 Å². The van der Waals surface area contributed by atoms with Gasteiger partial charge in [-0.1, -0.05) is 6.92 Å². The molecule has 0 aromatic carbocycles. The molecule has 0 saturated carbocycles. The fourth-order valence-corrected chi connectivity index (χ4v) is 2.10. The van der Waals surface area contributed by atoms with Crippen LogP contribution >= 0.6 is 12.4 Å². The van der Waals surface area contributed by atoms with Gasteiger partial charge in [0, 0.05) is 13.0 Å². The molecule has 2 amide bonds. The molecule has 0 aliphatic carbocycles. The van der Waals surface area contributed by atoms with E-state index in [2.05, 4.69) is 16.0 Å². The zero-order valence-electron chi connectivity index (χ0n) is 11.7. The van der Waals surface area contributed by atoms with Crippen LogP contribution in [0.15, 0.2) is 0 Å². The van der Waals surface area contributed by atoms with Gasteiger partial charge in [0.05, 0.1) is 6.54 Å². The summed E-state index contributed by atoms with van der Waals surface area (Å²) < 4.78 is 0. The molecule has 0 radical (unpaired) electrons. The molecule has 1 saturated heterocycles. The Bertz CT molecular complexity index is 269. The number of nitrogens with one attached hydrogen (secondary N) is 3. The predicted molar refractivity (Wildman–Crippen MR) is 78.4 cm³/mol. The van der Waals surface area contributed by atoms with E-state index in [1.165, 1.54) is 0 Å². The summed E-state index contributed by atoms with van der Waals surface area (Å²) in [5.74, 6) is 0.540. The minimum atomic E-state index is -0.105. The molecule has 1 heterocycles. The molecule has 0 atom stereocenters. The lowest BCUT2D eigenvalue weighted by Gasteiger charge is -2.22. The monoisotopic (exact) mass is 291 g/mol. The van der Waals surface area contributed by atoms with E-state index < -0.39 is 0 Å². The smallest absolute Gasteiger partial charge is 0.239 e. The Morgan fingerprint density at radius 2 is 1.84 bits per heavy atom. The van der Waals surface area contributed by atoms with Crippen LogP contribution in [0, 0.1) is 5.92 Å². The first kappa shape index (κ1) is 18.2. The largest absolute Gasteiger partial charge is 0.355 e. The molecule has 3 N–H and O–H groups in total. The summed E-state index contributed by atoms with van der Waals surface area (Å²) in [4.78, 5) is 22.8. The molecule has 0 unspecified atom stereocenters. The van der Waals surface area contributed by atoms with Crippen LogP contribution in [-0.2, 0) is 9.59 Å². The van der Waals surface area contributed by atoms with Crippen molar-refractivity contribution in [2.75, 3.05) is 26.2 Å². The van der Waals surface area contributed by atoms with Gasteiger partial charge in [-0.05, 0) is 44.7 Å². The molecule has 1 fully saturated rings. The lowest BCUT2D eigenvalue weighted by atomic mass is 9.93. The molecule has 1 aliphatic rings. The summed E-state index contributed by atoms with van der Waals surface area (Å²) in [6.45, 7) is 4.89. The van der Waals surface area contributed by atoms with E-state index in [1.807, 2.05) is 6.92 Å². The minimum Gasteiger partial charge on any atom is -0.355 e. The summed E-state index contributed by atoms with van der Waals surface area (Å²) >= 11 is 0. The molecule has 19 heavy (non-hydrogen) atoms. The highest BCUT2D eigenvalue weighted by molar-refractivity contribution is 5.85. The van der Waals surface area contributed by atoms with Crippen molar-refractivity contribution < 1.29 is 9.59 Å². The van der Waals surface area contributed by atoms with Gasteiger partial charge in [0.15, 0.2) is 0 Å². The molecule has 1 aliphatic heterocycles. The summed E-state index contributed by atoms with van der Waals surface area (Å²) in [5, 5.41) is 8.70. The van der Waals surface area contributed by atoms with Crippen LogP contribution < -0.4 is 16.0 Å². The minimum absolute atomic E-state index is 0. The van der Waals surface area contributed by atoms with Gasteiger partial charge >= 0.3 is 0 Å². The molecule has 0 aromatic heterocycles. The summed E-state index contributed by atoms with van der Waals surface area (Å²) in [6, 6.07) is 0. The fraction of sp³-hybridized carbons (Fsp3) is 0.846. The molecule has 0 spiro atoms. The zero-order chi connectivity index (χ0) is 13.2. The Labute approximate surface area is 121 Å². The highest BCUT2D eigenvalue weighted by Crippen LogP contribution is 2.17. The highest BCUT2D eigenvalue weighted by Gasteiger charge is 2.14. The molecule has 5 nitrogen and oxygen atoms in total. The second-order valence-corrected chi connectivity index (χ2v) is 4.86. The molecule has 6 heteroatoms. The van der Waals surface area contributed by atoms with Crippen LogP contribution in [-0.4, -0.2) is 38.0 Å². The number of halogens is 1. The van der Waals surface area contributed by atoms with Crippen LogP contribution in [0.2, 0.25) is 0 Å². The van der Waals surface area contributed by atoms with Crippen molar-refractivity contribution in [3.05, 3.63) is 0 Å². The number of hydrogen-bond donors (Lipinski definition) is 3. The van der Waals surface area contributed by atoms with E-state index in [0.29, 0.717) is 18.9 Å². The van der Waals surface area contributed by atoms with Crippen molar-refractivity contribution in [3.8, 4) is 0 Å². The van der Waals surface area contributed by atoms with E-state index >= 15 is 0 Å². The Morgan fingerprint density at radius 3 is 2.47 bits per heavy atom. The maximum Gasteiger partial charge on any atom is 0.239 e. The van der Waals surface area contributed by atoms with E-state index in [0.717, 1.165) is 38.8 Å². The van der Waals surface area contributed by atoms with Crippen LogP contribution in [0.1, 0.15) is 39.0 Å². The van der Waals surface area contributed by atoms with Gasteiger partial charge in [-0.2, -0.15) is 0 Å². The zero-order valence-corrected chi connectivity index (χ0v) is 12.5. The summed E-state index contributed by atoms with van der Waals surface area (Å²) in [6.07, 6.45) is 4.69. The second-order valence-electron chi connectivity index (χ2n) is 4.86. The van der Waals surface area contributed by atoms with Crippen LogP contribution in [0.4, 0.5) is 0 Å². The van der Waals surface area contributed by atoms with Crippen molar-refractivity contribution in [1.29, 1.82) is 0 Å². The average molecular weight is 292 g/mol. The molecular weight excluding hydrogens is 266 g/mol. The number of rotatable bonds is 7. The summed E-state index contributed by atoms with van der Waals surface area (Å²) in [5.41, 5.74) is 0. The Hall–Kier alpha value is -0.810. The van der Waals surface area contributed by atoms with Crippen molar-refractivity contribution in [2.24, 2.45) is 5.92 Å². The topological polar surface area (TPSA) is 70.2 Å². The first-order chi connectivity index (χ1) is 8.72.